The number of hydrogen-bond acceptors (Lipinski definition) is 1. The van der Waals surface area contributed by atoms with E-state index in [1.165, 1.54) is 25.7 Å². The molecule has 0 aromatic heterocycles. The van der Waals surface area contributed by atoms with Crippen molar-refractivity contribution in [2.75, 3.05) is 6.54 Å². The molecule has 0 spiro atoms. The molecule has 0 amide bonds. The Kier molecular flexibility index (Phi) is 3.53. The number of rotatable bonds is 5. The minimum atomic E-state index is 0.571. The summed E-state index contributed by atoms with van der Waals surface area (Å²) in [6.45, 7) is 1.78. The Morgan fingerprint density at radius 2 is 1.78 bits per heavy atom. The summed E-state index contributed by atoms with van der Waals surface area (Å²) in [4.78, 5) is 0. The molecular weight excluding hydrogens is 289 g/mol. The first-order valence-electron chi connectivity index (χ1n) is 6.45. The van der Waals surface area contributed by atoms with Crippen molar-refractivity contribution in [2.24, 2.45) is 11.3 Å². The van der Waals surface area contributed by atoms with E-state index >= 15 is 0 Å². The fourth-order valence-electron chi connectivity index (χ4n) is 2.75. The van der Waals surface area contributed by atoms with Gasteiger partial charge in [-0.25, -0.2) is 0 Å². The molecule has 1 nitrogen and oxygen atoms in total. The molecule has 0 aliphatic heterocycles. The summed E-state index contributed by atoms with van der Waals surface area (Å²) in [7, 11) is 0. The van der Waals surface area contributed by atoms with Crippen molar-refractivity contribution in [2.45, 2.75) is 32.2 Å². The Bertz CT molecular complexity index is 464. The average molecular weight is 305 g/mol. The van der Waals surface area contributed by atoms with E-state index < -0.39 is 0 Å². The maximum absolute atomic E-state index is 6.18. The molecule has 1 aromatic carbocycles. The van der Waals surface area contributed by atoms with Crippen molar-refractivity contribution >= 4 is 34.8 Å². The van der Waals surface area contributed by atoms with Crippen LogP contribution in [0.15, 0.2) is 12.1 Å². The van der Waals surface area contributed by atoms with Gasteiger partial charge in [-0.3, -0.25) is 0 Å². The van der Waals surface area contributed by atoms with Crippen molar-refractivity contribution < 1.29 is 0 Å². The fraction of sp³-hybridized carbons (Fsp3) is 0.571. The number of halogens is 3. The molecule has 3 rings (SSSR count). The Morgan fingerprint density at radius 1 is 1.11 bits per heavy atom. The first-order chi connectivity index (χ1) is 8.62. The number of hydrogen-bond donors (Lipinski definition) is 1. The van der Waals surface area contributed by atoms with Crippen LogP contribution in [-0.2, 0) is 6.54 Å². The maximum atomic E-state index is 6.18. The minimum absolute atomic E-state index is 0.571. The van der Waals surface area contributed by atoms with Crippen LogP contribution in [-0.4, -0.2) is 6.54 Å². The Balaban J connectivity index is 1.61. The van der Waals surface area contributed by atoms with Crippen LogP contribution in [0, 0.1) is 11.3 Å². The predicted octanol–water partition coefficient (Wildman–Crippen LogP) is 4.93. The summed E-state index contributed by atoms with van der Waals surface area (Å²) in [5, 5.41) is 5.34. The quantitative estimate of drug-likeness (QED) is 0.761. The molecule has 4 heteroatoms. The van der Waals surface area contributed by atoms with Gasteiger partial charge in [0.2, 0.25) is 0 Å². The van der Waals surface area contributed by atoms with E-state index in [9.17, 15) is 0 Å². The van der Waals surface area contributed by atoms with Crippen molar-refractivity contribution in [3.8, 4) is 0 Å². The van der Waals surface area contributed by atoms with E-state index in [0.29, 0.717) is 27.0 Å². The molecule has 0 heterocycles. The first-order valence-corrected chi connectivity index (χ1v) is 7.59. The highest BCUT2D eigenvalue weighted by Crippen LogP contribution is 2.60. The molecule has 0 atom stereocenters. The molecular formula is C14H16Cl3N. The van der Waals surface area contributed by atoms with Gasteiger partial charge in [0.1, 0.15) is 0 Å². The van der Waals surface area contributed by atoms with Gasteiger partial charge in [-0.05, 0) is 49.1 Å². The lowest BCUT2D eigenvalue weighted by Gasteiger charge is -2.16. The van der Waals surface area contributed by atoms with Crippen LogP contribution < -0.4 is 5.32 Å². The Morgan fingerprint density at radius 3 is 2.39 bits per heavy atom. The van der Waals surface area contributed by atoms with Gasteiger partial charge in [-0.15, -0.1) is 0 Å². The molecule has 1 aromatic rings. The topological polar surface area (TPSA) is 12.0 Å². The van der Waals surface area contributed by atoms with Gasteiger partial charge in [-0.1, -0.05) is 34.8 Å². The highest BCUT2D eigenvalue weighted by Gasteiger charge is 2.53. The van der Waals surface area contributed by atoms with Gasteiger partial charge in [0.25, 0.3) is 0 Å². The zero-order chi connectivity index (χ0) is 12.8. The monoisotopic (exact) mass is 303 g/mol. The molecule has 0 unspecified atom stereocenters. The summed E-state index contributed by atoms with van der Waals surface area (Å²) in [5.74, 6) is 0.968. The molecule has 2 fully saturated rings. The van der Waals surface area contributed by atoms with E-state index in [-0.39, 0.29) is 0 Å². The minimum Gasteiger partial charge on any atom is -0.312 e. The molecule has 2 aliphatic rings. The number of benzene rings is 1. The van der Waals surface area contributed by atoms with Crippen LogP contribution in [0.4, 0.5) is 0 Å². The second-order valence-electron chi connectivity index (χ2n) is 5.56. The third-order valence-corrected chi connectivity index (χ3v) is 5.45. The maximum Gasteiger partial charge on any atom is 0.0652 e. The molecule has 0 radical (unpaired) electrons. The standard InChI is InChI=1S/C14H16Cl3N/c15-11-3-4-12(16)13(17)10(11)7-18-8-14(5-6-14)9-1-2-9/h3-4,9,18H,1-2,5-8H2. The second kappa shape index (κ2) is 4.86. The van der Waals surface area contributed by atoms with Gasteiger partial charge >= 0.3 is 0 Å². The summed E-state index contributed by atoms with van der Waals surface area (Å²) < 4.78 is 0. The molecule has 98 valence electrons. The van der Waals surface area contributed by atoms with Gasteiger partial charge in [0.05, 0.1) is 10.0 Å². The smallest absolute Gasteiger partial charge is 0.0652 e. The Labute approximate surface area is 123 Å². The van der Waals surface area contributed by atoms with Crippen LogP contribution >= 0.6 is 34.8 Å². The van der Waals surface area contributed by atoms with Crippen molar-refractivity contribution in [3.63, 3.8) is 0 Å². The third-order valence-electron chi connectivity index (χ3n) is 4.25. The predicted molar refractivity (Wildman–Crippen MR) is 77.6 cm³/mol. The molecule has 2 saturated carbocycles. The van der Waals surface area contributed by atoms with Crippen LogP contribution in [0.1, 0.15) is 31.2 Å². The summed E-state index contributed by atoms with van der Waals surface area (Å²) in [6.07, 6.45) is 5.59. The highest BCUT2D eigenvalue weighted by atomic mass is 35.5. The van der Waals surface area contributed by atoms with Gasteiger partial charge < -0.3 is 5.32 Å². The average Bonchev–Trinajstić information content (AvgIpc) is 3.20. The van der Waals surface area contributed by atoms with Crippen LogP contribution in [0.25, 0.3) is 0 Å². The molecule has 1 N–H and O–H groups in total. The molecule has 2 aliphatic carbocycles. The lowest BCUT2D eigenvalue weighted by atomic mass is 10.0. The fourth-order valence-corrected chi connectivity index (χ4v) is 3.43. The largest absolute Gasteiger partial charge is 0.312 e. The molecule has 0 bridgehead atoms. The van der Waals surface area contributed by atoms with E-state index in [1.807, 2.05) is 0 Å². The van der Waals surface area contributed by atoms with E-state index in [1.54, 1.807) is 12.1 Å². The van der Waals surface area contributed by atoms with Gasteiger partial charge in [-0.2, -0.15) is 0 Å². The van der Waals surface area contributed by atoms with E-state index in [0.717, 1.165) is 18.0 Å². The van der Waals surface area contributed by atoms with Gasteiger partial charge in [0, 0.05) is 23.7 Å². The molecule has 18 heavy (non-hydrogen) atoms. The normalized spacial score (nSPS) is 21.1. The van der Waals surface area contributed by atoms with Crippen molar-refractivity contribution in [1.29, 1.82) is 0 Å². The SMILES string of the molecule is Clc1ccc(Cl)c(CNCC2(C3CC3)CC2)c1Cl. The summed E-state index contributed by atoms with van der Waals surface area (Å²) >= 11 is 18.4. The van der Waals surface area contributed by atoms with E-state index in [2.05, 4.69) is 5.32 Å². The molecule has 0 saturated heterocycles. The zero-order valence-corrected chi connectivity index (χ0v) is 12.4. The summed E-state index contributed by atoms with van der Waals surface area (Å²) in [5.41, 5.74) is 1.51. The second-order valence-corrected chi connectivity index (χ2v) is 6.75. The number of nitrogens with one attached hydrogen (secondary N) is 1. The van der Waals surface area contributed by atoms with Crippen LogP contribution in [0.2, 0.25) is 15.1 Å². The lowest BCUT2D eigenvalue weighted by Crippen LogP contribution is -2.25. The van der Waals surface area contributed by atoms with E-state index in [4.69, 9.17) is 34.8 Å². The Hall–Kier alpha value is 0.0500. The zero-order valence-electron chi connectivity index (χ0n) is 10.1. The summed E-state index contributed by atoms with van der Waals surface area (Å²) in [6, 6.07) is 3.54. The van der Waals surface area contributed by atoms with Crippen molar-refractivity contribution in [3.05, 3.63) is 32.8 Å². The highest BCUT2D eigenvalue weighted by molar-refractivity contribution is 6.44. The lowest BCUT2D eigenvalue weighted by molar-refractivity contribution is 0.403. The van der Waals surface area contributed by atoms with Crippen LogP contribution in [0.5, 0.6) is 0 Å². The van der Waals surface area contributed by atoms with Crippen LogP contribution in [0.3, 0.4) is 0 Å². The first kappa shape index (κ1) is 13.1. The van der Waals surface area contributed by atoms with Crippen molar-refractivity contribution in [1.82, 2.24) is 5.32 Å². The van der Waals surface area contributed by atoms with Gasteiger partial charge in [0.15, 0.2) is 0 Å². The third kappa shape index (κ3) is 2.51.